The highest BCUT2D eigenvalue weighted by Gasteiger charge is 2.19. The van der Waals surface area contributed by atoms with Gasteiger partial charge in [-0.1, -0.05) is 53.7 Å². The highest BCUT2D eigenvalue weighted by molar-refractivity contribution is 7.98. The van der Waals surface area contributed by atoms with E-state index in [0.29, 0.717) is 50.1 Å². The van der Waals surface area contributed by atoms with Gasteiger partial charge < -0.3 is 9.15 Å². The van der Waals surface area contributed by atoms with Crippen LogP contribution < -0.4 is 10.3 Å². The summed E-state index contributed by atoms with van der Waals surface area (Å²) in [6.45, 7) is 1.88. The molecule has 170 valence electrons. The van der Waals surface area contributed by atoms with Crippen molar-refractivity contribution in [3.05, 3.63) is 93.6 Å². The van der Waals surface area contributed by atoms with Gasteiger partial charge in [0, 0.05) is 16.7 Å². The molecule has 5 rings (SSSR count). The van der Waals surface area contributed by atoms with Gasteiger partial charge in [-0.15, -0.1) is 10.2 Å². The standard InChI is InChI=1S/C25H19ClN4O3S/c1-15-12-20(21(32-2)13-18(15)26)30-24(31)17-10-6-7-11-19(17)27-25(30)34-14-22-28-29-23(33-22)16-8-4-3-5-9-16/h3-13H,14H2,1-2H3. The zero-order valence-electron chi connectivity index (χ0n) is 18.4. The number of aryl methyl sites for hydroxylation is 1. The summed E-state index contributed by atoms with van der Waals surface area (Å²) >= 11 is 7.63. The SMILES string of the molecule is COc1cc(Cl)c(C)cc1-n1c(SCc2nnc(-c3ccccc3)o2)nc2ccccc2c1=O. The molecular formula is C25H19ClN4O3S. The summed E-state index contributed by atoms with van der Waals surface area (Å²) in [6.07, 6.45) is 0. The minimum Gasteiger partial charge on any atom is -0.495 e. The van der Waals surface area contributed by atoms with E-state index in [0.717, 1.165) is 11.1 Å². The van der Waals surface area contributed by atoms with Crippen molar-refractivity contribution in [2.75, 3.05) is 7.11 Å². The molecule has 0 saturated carbocycles. The van der Waals surface area contributed by atoms with E-state index in [4.69, 9.17) is 25.7 Å². The van der Waals surface area contributed by atoms with Crippen LogP contribution in [-0.2, 0) is 5.75 Å². The monoisotopic (exact) mass is 490 g/mol. The third kappa shape index (κ3) is 4.18. The smallest absolute Gasteiger partial charge is 0.266 e. The first-order chi connectivity index (χ1) is 16.5. The Hall–Kier alpha value is -3.62. The molecule has 0 amide bonds. The molecule has 0 spiro atoms. The topological polar surface area (TPSA) is 83.0 Å². The van der Waals surface area contributed by atoms with Gasteiger partial charge in [0.2, 0.25) is 11.8 Å². The molecule has 0 unspecified atom stereocenters. The molecule has 0 saturated heterocycles. The summed E-state index contributed by atoms with van der Waals surface area (Å²) < 4.78 is 12.9. The van der Waals surface area contributed by atoms with E-state index in [9.17, 15) is 4.79 Å². The Labute approximate surface area is 204 Å². The number of para-hydroxylation sites is 1. The summed E-state index contributed by atoms with van der Waals surface area (Å²) in [6, 6.07) is 20.3. The van der Waals surface area contributed by atoms with Gasteiger partial charge in [0.15, 0.2) is 5.16 Å². The Kier molecular flexibility index (Phi) is 6.08. The highest BCUT2D eigenvalue weighted by atomic mass is 35.5. The zero-order valence-corrected chi connectivity index (χ0v) is 19.9. The minimum absolute atomic E-state index is 0.205. The molecule has 0 aliphatic carbocycles. The number of aromatic nitrogens is 4. The Morgan fingerprint density at radius 1 is 1.06 bits per heavy atom. The Balaban J connectivity index is 1.58. The molecule has 9 heteroatoms. The molecule has 5 aromatic rings. The first kappa shape index (κ1) is 22.2. The number of nitrogens with zero attached hydrogens (tertiary/aromatic N) is 4. The van der Waals surface area contributed by atoms with Gasteiger partial charge in [-0.05, 0) is 42.8 Å². The lowest BCUT2D eigenvalue weighted by Gasteiger charge is -2.16. The molecule has 0 atom stereocenters. The molecule has 2 heterocycles. The van der Waals surface area contributed by atoms with Crippen LogP contribution in [0.25, 0.3) is 28.0 Å². The Morgan fingerprint density at radius 3 is 2.62 bits per heavy atom. The third-order valence-corrected chi connectivity index (χ3v) is 6.59. The van der Waals surface area contributed by atoms with Crippen molar-refractivity contribution in [1.29, 1.82) is 0 Å². The van der Waals surface area contributed by atoms with Crippen LogP contribution in [0.15, 0.2) is 81.1 Å². The van der Waals surface area contributed by atoms with Crippen molar-refractivity contribution in [2.24, 2.45) is 0 Å². The van der Waals surface area contributed by atoms with E-state index in [1.807, 2.05) is 61.5 Å². The quantitative estimate of drug-likeness (QED) is 0.223. The van der Waals surface area contributed by atoms with E-state index in [1.165, 1.54) is 11.8 Å². The second-order valence-electron chi connectivity index (χ2n) is 7.48. The molecule has 0 aliphatic heterocycles. The number of rotatable bonds is 6. The molecule has 0 N–H and O–H groups in total. The predicted molar refractivity (Wildman–Crippen MR) is 133 cm³/mol. The maximum Gasteiger partial charge on any atom is 0.266 e. The Bertz CT molecular complexity index is 1550. The fraction of sp³-hybridized carbons (Fsp3) is 0.120. The molecule has 0 bridgehead atoms. The van der Waals surface area contributed by atoms with E-state index >= 15 is 0 Å². The van der Waals surface area contributed by atoms with Crippen LogP contribution in [0.5, 0.6) is 5.75 Å². The second-order valence-corrected chi connectivity index (χ2v) is 8.83. The van der Waals surface area contributed by atoms with E-state index < -0.39 is 0 Å². The normalized spacial score (nSPS) is 11.1. The molecule has 7 nitrogen and oxygen atoms in total. The van der Waals surface area contributed by atoms with Crippen LogP contribution in [0.3, 0.4) is 0 Å². The average Bonchev–Trinajstić information content (AvgIpc) is 3.34. The van der Waals surface area contributed by atoms with Gasteiger partial charge in [0.1, 0.15) is 5.75 Å². The highest BCUT2D eigenvalue weighted by Crippen LogP contribution is 2.33. The number of hydrogen-bond acceptors (Lipinski definition) is 7. The maximum absolute atomic E-state index is 13.6. The molecule has 34 heavy (non-hydrogen) atoms. The summed E-state index contributed by atoms with van der Waals surface area (Å²) in [5.74, 6) is 1.67. The molecule has 2 aromatic heterocycles. The van der Waals surface area contributed by atoms with E-state index in [-0.39, 0.29) is 5.56 Å². The lowest BCUT2D eigenvalue weighted by molar-refractivity contribution is 0.411. The number of ether oxygens (including phenoxy) is 1. The lowest BCUT2D eigenvalue weighted by atomic mass is 10.2. The van der Waals surface area contributed by atoms with Crippen molar-refractivity contribution in [3.63, 3.8) is 0 Å². The average molecular weight is 491 g/mol. The summed E-state index contributed by atoms with van der Waals surface area (Å²) in [4.78, 5) is 18.4. The van der Waals surface area contributed by atoms with Crippen LogP contribution in [-0.4, -0.2) is 26.9 Å². The molecule has 0 aliphatic rings. The van der Waals surface area contributed by atoms with Crippen molar-refractivity contribution < 1.29 is 9.15 Å². The van der Waals surface area contributed by atoms with Gasteiger partial charge in [-0.25, -0.2) is 4.98 Å². The maximum atomic E-state index is 13.6. The fourth-order valence-corrected chi connectivity index (χ4v) is 4.54. The van der Waals surface area contributed by atoms with Crippen LogP contribution >= 0.6 is 23.4 Å². The van der Waals surface area contributed by atoms with Gasteiger partial charge in [0.05, 0.1) is 29.5 Å². The summed E-state index contributed by atoms with van der Waals surface area (Å²) in [5.41, 5.74) is 2.62. The van der Waals surface area contributed by atoms with E-state index in [1.54, 1.807) is 23.8 Å². The van der Waals surface area contributed by atoms with Crippen molar-refractivity contribution >= 4 is 34.3 Å². The fourth-order valence-electron chi connectivity index (χ4n) is 3.54. The van der Waals surface area contributed by atoms with Gasteiger partial charge >= 0.3 is 0 Å². The Morgan fingerprint density at radius 2 is 1.82 bits per heavy atom. The number of halogens is 1. The zero-order chi connectivity index (χ0) is 23.7. The van der Waals surface area contributed by atoms with Gasteiger partial charge in [-0.2, -0.15) is 0 Å². The number of thioether (sulfide) groups is 1. The van der Waals surface area contributed by atoms with Gasteiger partial charge in [-0.3, -0.25) is 9.36 Å². The van der Waals surface area contributed by atoms with Crippen molar-refractivity contribution in [1.82, 2.24) is 19.7 Å². The summed E-state index contributed by atoms with van der Waals surface area (Å²) in [7, 11) is 1.54. The third-order valence-electron chi connectivity index (χ3n) is 5.26. The van der Waals surface area contributed by atoms with Crippen molar-refractivity contribution in [2.45, 2.75) is 17.8 Å². The van der Waals surface area contributed by atoms with Crippen LogP contribution in [0.1, 0.15) is 11.5 Å². The molecule has 3 aromatic carbocycles. The van der Waals surface area contributed by atoms with Crippen LogP contribution in [0.2, 0.25) is 5.02 Å². The van der Waals surface area contributed by atoms with Gasteiger partial charge in [0.25, 0.3) is 5.56 Å². The summed E-state index contributed by atoms with van der Waals surface area (Å²) in [5, 5.41) is 9.83. The molecule has 0 radical (unpaired) electrons. The van der Waals surface area contributed by atoms with E-state index in [2.05, 4.69) is 10.2 Å². The number of hydrogen-bond donors (Lipinski definition) is 0. The number of benzene rings is 3. The second kappa shape index (κ2) is 9.32. The first-order valence-corrected chi connectivity index (χ1v) is 11.8. The predicted octanol–water partition coefficient (Wildman–Crippen LogP) is 5.70. The van der Waals surface area contributed by atoms with Crippen LogP contribution in [0, 0.1) is 6.92 Å². The first-order valence-electron chi connectivity index (χ1n) is 10.4. The number of fused-ring (bicyclic) bond motifs is 1. The lowest BCUT2D eigenvalue weighted by Crippen LogP contribution is -2.22. The van der Waals surface area contributed by atoms with Crippen molar-refractivity contribution in [3.8, 4) is 22.9 Å². The molecular weight excluding hydrogens is 472 g/mol. The largest absolute Gasteiger partial charge is 0.495 e. The molecule has 0 fully saturated rings. The number of methoxy groups -OCH3 is 1. The minimum atomic E-state index is -0.205. The van der Waals surface area contributed by atoms with Crippen LogP contribution in [0.4, 0.5) is 0 Å².